The van der Waals surface area contributed by atoms with E-state index in [1.54, 1.807) is 66.7 Å². The average molecular weight is 868 g/mol. The van der Waals surface area contributed by atoms with E-state index in [-0.39, 0.29) is 46.5 Å². The average Bonchev–Trinajstić information content (AvgIpc) is 3.64. The minimum absolute atomic E-state index is 0.0143. The Hall–Kier alpha value is -6.18. The molecule has 0 unspecified atom stereocenters. The Morgan fingerprint density at radius 1 is 0.852 bits per heavy atom. The Balaban J connectivity index is 1.19. The van der Waals surface area contributed by atoms with Crippen LogP contribution in [0.2, 0.25) is 10.0 Å². The molecule has 4 aromatic carbocycles. The number of hydrogen-bond acceptors (Lipinski definition) is 8. The van der Waals surface area contributed by atoms with E-state index in [1.807, 2.05) is 30.3 Å². The summed E-state index contributed by atoms with van der Waals surface area (Å²) < 4.78 is 47.3. The lowest BCUT2D eigenvalue weighted by atomic mass is 9.49. The molecule has 3 heterocycles. The first-order valence-corrected chi connectivity index (χ1v) is 20.2. The van der Waals surface area contributed by atoms with Gasteiger partial charge in [0, 0.05) is 29.6 Å². The van der Waals surface area contributed by atoms with Gasteiger partial charge in [-0.05, 0) is 66.3 Å². The molecule has 0 radical (unpaired) electrons. The second kappa shape index (κ2) is 15.1. The van der Waals surface area contributed by atoms with E-state index in [4.69, 9.17) is 27.9 Å². The largest absolute Gasteiger partial charge is 0.508 e. The van der Waals surface area contributed by atoms with E-state index in [1.165, 1.54) is 19.2 Å². The molecule has 2 aliphatic heterocycles. The van der Waals surface area contributed by atoms with Gasteiger partial charge in [0.15, 0.2) is 5.82 Å². The van der Waals surface area contributed by atoms with Gasteiger partial charge in [-0.2, -0.15) is 18.2 Å². The molecule has 0 spiro atoms. The first-order valence-electron chi connectivity index (χ1n) is 19.5. The minimum Gasteiger partial charge on any atom is -0.508 e. The molecule has 2 saturated heterocycles. The molecule has 1 aromatic heterocycles. The molecular weight excluding hydrogens is 832 g/mol. The number of benzene rings is 4. The number of alkyl halides is 3. The maximum Gasteiger partial charge on any atom is 0.433 e. The fourth-order valence-corrected chi connectivity index (χ4v) is 10.3. The van der Waals surface area contributed by atoms with Gasteiger partial charge >= 0.3 is 6.18 Å². The summed E-state index contributed by atoms with van der Waals surface area (Å²) >= 11 is 12.7. The smallest absolute Gasteiger partial charge is 0.433 e. The zero-order valence-electron chi connectivity index (χ0n) is 32.2. The van der Waals surface area contributed by atoms with Crippen molar-refractivity contribution in [2.45, 2.75) is 37.0 Å². The number of aromatic hydroxyl groups is 1. The molecule has 15 heteroatoms. The van der Waals surface area contributed by atoms with Gasteiger partial charge in [-0.25, -0.2) is 9.88 Å². The van der Waals surface area contributed by atoms with Crippen molar-refractivity contribution < 1.29 is 42.2 Å². The number of anilines is 2. The third-order valence-corrected chi connectivity index (χ3v) is 13.0. The Kier molecular flexibility index (Phi) is 9.94. The number of pyridine rings is 1. The van der Waals surface area contributed by atoms with E-state index >= 15 is 9.59 Å². The standard InChI is InChI=1S/C46H35Cl2F3N4O6/c1-53(40-35(48)19-20-37(52-40)46(49,50)51)55-41(57)32-18-17-30-33(38(32)43(55)59)23-34-42(58)54(28-14-8-13-27(47)21-28)44(60)45(34,26-11-6-3-7-12-26)39(30)31-16-15-29(22-36(31)56)61-24-25-9-4-2-5-10-25/h2-17,19-22,32-34,38-39,56H,18,23-24H2,1H3/t32-,33+,34-,38-,39+,45+/m0/s1. The van der Waals surface area contributed by atoms with Crippen LogP contribution in [0.4, 0.5) is 24.7 Å². The topological polar surface area (TPSA) is 120 Å². The number of imide groups is 2. The third-order valence-electron chi connectivity index (χ3n) is 12.4. The SMILES string of the molecule is CN(c1nc(C(F)(F)F)ccc1Cl)N1C(=O)[C@H]2[C@H](CC=C3[C@H]2C[C@H]2C(=O)N(c4cccc(Cl)c4)C(=O)[C@@]2(c2ccccc2)[C@H]3c2ccc(OCc3ccccc3)cc2O)C1=O. The number of rotatable bonds is 8. The van der Waals surface area contributed by atoms with Gasteiger partial charge < -0.3 is 9.84 Å². The highest BCUT2D eigenvalue weighted by Gasteiger charge is 2.70. The van der Waals surface area contributed by atoms with Crippen LogP contribution in [-0.4, -0.2) is 45.8 Å². The van der Waals surface area contributed by atoms with E-state index in [0.29, 0.717) is 23.0 Å². The predicted octanol–water partition coefficient (Wildman–Crippen LogP) is 8.91. The number of hydrazine groups is 1. The molecule has 10 nitrogen and oxygen atoms in total. The highest BCUT2D eigenvalue weighted by molar-refractivity contribution is 6.33. The fourth-order valence-electron chi connectivity index (χ4n) is 9.88. The lowest BCUT2D eigenvalue weighted by Crippen LogP contribution is -2.53. The van der Waals surface area contributed by atoms with Crippen molar-refractivity contribution in [1.82, 2.24) is 9.99 Å². The van der Waals surface area contributed by atoms with E-state index in [0.717, 1.165) is 26.5 Å². The molecular formula is C46H35Cl2F3N4O6. The van der Waals surface area contributed by atoms with Crippen molar-refractivity contribution in [2.24, 2.45) is 23.7 Å². The second-order valence-corrected chi connectivity index (χ2v) is 16.4. The van der Waals surface area contributed by atoms with Crippen molar-refractivity contribution in [2.75, 3.05) is 17.0 Å². The molecule has 4 amide bonds. The molecule has 1 saturated carbocycles. The van der Waals surface area contributed by atoms with Crippen molar-refractivity contribution in [3.63, 3.8) is 0 Å². The van der Waals surface area contributed by atoms with Crippen LogP contribution in [0.25, 0.3) is 0 Å². The molecule has 4 aliphatic rings. The van der Waals surface area contributed by atoms with E-state index < -0.39 is 76.3 Å². The number of allylic oxidation sites excluding steroid dienone is 2. The number of nitrogens with zero attached hydrogens (tertiary/aromatic N) is 4. The fraction of sp³-hybridized carbons (Fsp3) is 0.239. The molecule has 0 bridgehead atoms. The van der Waals surface area contributed by atoms with Gasteiger partial charge in [-0.3, -0.25) is 24.2 Å². The van der Waals surface area contributed by atoms with Gasteiger partial charge in [0.1, 0.15) is 23.8 Å². The molecule has 9 rings (SSSR count). The maximum atomic E-state index is 15.5. The number of hydrogen-bond donors (Lipinski definition) is 1. The number of phenolic OH excluding ortho intramolecular Hbond substituents is 1. The minimum atomic E-state index is -4.84. The number of halogens is 5. The molecule has 2 aliphatic carbocycles. The number of ether oxygens (including phenoxy) is 1. The number of phenols is 1. The molecule has 1 N–H and O–H groups in total. The van der Waals surface area contributed by atoms with Crippen LogP contribution in [0.3, 0.4) is 0 Å². The molecule has 310 valence electrons. The normalized spacial score (nSPS) is 24.6. The first-order chi connectivity index (χ1) is 29.2. The summed E-state index contributed by atoms with van der Waals surface area (Å²) in [4.78, 5) is 64.5. The highest BCUT2D eigenvalue weighted by atomic mass is 35.5. The van der Waals surface area contributed by atoms with E-state index in [2.05, 4.69) is 4.98 Å². The summed E-state index contributed by atoms with van der Waals surface area (Å²) in [6.45, 7) is 0.208. The zero-order chi connectivity index (χ0) is 43.0. The molecule has 5 aromatic rings. The van der Waals surface area contributed by atoms with Crippen molar-refractivity contribution >= 4 is 58.3 Å². The summed E-state index contributed by atoms with van der Waals surface area (Å²) in [6.07, 6.45) is -3.07. The quantitative estimate of drug-likeness (QED) is 0.121. The van der Waals surface area contributed by atoms with Gasteiger partial charge in [-0.15, -0.1) is 0 Å². The Morgan fingerprint density at radius 3 is 2.26 bits per heavy atom. The number of fused-ring (bicyclic) bond motifs is 4. The third kappa shape index (κ3) is 6.44. The van der Waals surface area contributed by atoms with Crippen molar-refractivity contribution in [3.8, 4) is 11.5 Å². The van der Waals surface area contributed by atoms with Gasteiger partial charge in [-0.1, -0.05) is 108 Å². The number of carbonyl (C=O) groups excluding carboxylic acids is 4. The Morgan fingerprint density at radius 2 is 1.57 bits per heavy atom. The van der Waals surface area contributed by atoms with Crippen LogP contribution in [0.1, 0.15) is 41.1 Å². The number of aromatic nitrogens is 1. The summed E-state index contributed by atoms with van der Waals surface area (Å²) in [5.74, 6) is -7.98. The number of carbonyl (C=O) groups is 4. The lowest BCUT2D eigenvalue weighted by Gasteiger charge is -2.50. The summed E-state index contributed by atoms with van der Waals surface area (Å²) in [5, 5.41) is 13.8. The predicted molar refractivity (Wildman–Crippen MR) is 219 cm³/mol. The van der Waals surface area contributed by atoms with Gasteiger partial charge in [0.2, 0.25) is 11.8 Å². The zero-order valence-corrected chi connectivity index (χ0v) is 33.7. The molecule has 6 atom stereocenters. The first kappa shape index (κ1) is 40.2. The van der Waals surface area contributed by atoms with Crippen LogP contribution < -0.4 is 14.6 Å². The van der Waals surface area contributed by atoms with E-state index in [9.17, 15) is 27.9 Å². The molecule has 3 fully saturated rings. The van der Waals surface area contributed by atoms with Crippen LogP contribution in [0, 0.1) is 23.7 Å². The highest BCUT2D eigenvalue weighted by Crippen LogP contribution is 2.65. The maximum absolute atomic E-state index is 15.5. The number of amides is 4. The van der Waals surface area contributed by atoms with Crippen LogP contribution in [0.15, 0.2) is 127 Å². The molecule has 61 heavy (non-hydrogen) atoms. The summed E-state index contributed by atoms with van der Waals surface area (Å²) in [5.41, 5.74) is -0.459. The van der Waals surface area contributed by atoms with Crippen LogP contribution in [0.5, 0.6) is 11.5 Å². The van der Waals surface area contributed by atoms with Crippen LogP contribution in [-0.2, 0) is 37.4 Å². The Bertz CT molecular complexity index is 2650. The second-order valence-electron chi connectivity index (χ2n) is 15.6. The summed E-state index contributed by atoms with van der Waals surface area (Å²) in [7, 11) is 1.24. The van der Waals surface area contributed by atoms with Gasteiger partial charge in [0.25, 0.3) is 11.8 Å². The van der Waals surface area contributed by atoms with Crippen molar-refractivity contribution in [1.29, 1.82) is 0 Å². The monoisotopic (exact) mass is 866 g/mol. The Labute approximate surface area is 357 Å². The van der Waals surface area contributed by atoms with Crippen LogP contribution >= 0.6 is 23.2 Å². The van der Waals surface area contributed by atoms with Crippen molar-refractivity contribution in [3.05, 3.63) is 159 Å². The van der Waals surface area contributed by atoms with Gasteiger partial charge in [0.05, 0.1) is 33.9 Å². The lowest BCUT2D eigenvalue weighted by molar-refractivity contribution is -0.141. The summed E-state index contributed by atoms with van der Waals surface area (Å²) in [6, 6.07) is 31.1.